The van der Waals surface area contributed by atoms with Crippen molar-refractivity contribution in [3.63, 3.8) is 0 Å². The molecule has 23 heavy (non-hydrogen) atoms. The normalized spacial score (nSPS) is 10.5. The molecule has 0 saturated heterocycles. The van der Waals surface area contributed by atoms with Crippen molar-refractivity contribution in [3.05, 3.63) is 41.9 Å². The van der Waals surface area contributed by atoms with Gasteiger partial charge in [-0.05, 0) is 19.1 Å². The molecule has 9 nitrogen and oxygen atoms in total. The second-order valence-electron chi connectivity index (χ2n) is 4.89. The van der Waals surface area contributed by atoms with Crippen LogP contribution in [0.2, 0.25) is 0 Å². The summed E-state index contributed by atoms with van der Waals surface area (Å²) in [6, 6.07) is 8.55. The van der Waals surface area contributed by atoms with Crippen molar-refractivity contribution in [2.75, 3.05) is 16.4 Å². The number of nitrogens with one attached hydrogen (secondary N) is 3. The Bertz CT molecular complexity index is 816. The number of anilines is 4. The first-order valence-corrected chi connectivity index (χ1v) is 6.91. The third kappa shape index (κ3) is 3.84. The molecule has 118 valence electrons. The molecule has 2 aromatic heterocycles. The fourth-order valence-electron chi connectivity index (χ4n) is 1.99. The summed E-state index contributed by atoms with van der Waals surface area (Å²) in [6.45, 7) is 2.28. The molecular formula is C14H16N8O. The lowest BCUT2D eigenvalue weighted by molar-refractivity contribution is 0.475. The van der Waals surface area contributed by atoms with Crippen LogP contribution < -0.4 is 16.4 Å². The van der Waals surface area contributed by atoms with Crippen LogP contribution in [0.1, 0.15) is 11.5 Å². The van der Waals surface area contributed by atoms with E-state index >= 15 is 0 Å². The van der Waals surface area contributed by atoms with Crippen LogP contribution >= 0.6 is 0 Å². The van der Waals surface area contributed by atoms with Gasteiger partial charge in [-0.1, -0.05) is 6.07 Å². The molecule has 0 aliphatic carbocycles. The number of nitrogen functional groups attached to an aromatic ring is 1. The standard InChI is InChI=1S/C14H16N8O/c1-8-5-11(16-7-12-19-13(15)22-21-12)20-14(17-8)18-9-3-2-4-10(23)6-9/h2-6,23H,7H2,1H3,(H3,15,19,21,22)(H2,16,17,18,20). The first-order valence-electron chi connectivity index (χ1n) is 6.91. The van der Waals surface area contributed by atoms with Crippen LogP contribution in [0.5, 0.6) is 5.75 Å². The zero-order chi connectivity index (χ0) is 16.2. The van der Waals surface area contributed by atoms with Crippen LogP contribution in [0, 0.1) is 6.92 Å². The highest BCUT2D eigenvalue weighted by Gasteiger charge is 2.05. The van der Waals surface area contributed by atoms with E-state index in [1.807, 2.05) is 19.1 Å². The van der Waals surface area contributed by atoms with Gasteiger partial charge in [-0.3, -0.25) is 5.10 Å². The van der Waals surface area contributed by atoms with E-state index in [1.54, 1.807) is 18.2 Å². The second kappa shape index (κ2) is 6.18. The number of H-pyrrole nitrogens is 1. The Hall–Kier alpha value is -3.36. The average Bonchev–Trinajstić information content (AvgIpc) is 2.90. The molecule has 0 unspecified atom stereocenters. The monoisotopic (exact) mass is 312 g/mol. The SMILES string of the molecule is Cc1cc(NCc2nc(N)n[nH]2)nc(Nc2cccc(O)c2)n1. The number of nitrogens with two attached hydrogens (primary N) is 1. The van der Waals surface area contributed by atoms with E-state index in [9.17, 15) is 5.11 Å². The summed E-state index contributed by atoms with van der Waals surface area (Å²) in [6.07, 6.45) is 0. The molecule has 0 radical (unpaired) electrons. The summed E-state index contributed by atoms with van der Waals surface area (Å²) in [7, 11) is 0. The maximum atomic E-state index is 9.49. The maximum absolute atomic E-state index is 9.49. The van der Waals surface area contributed by atoms with Crippen LogP contribution in [-0.2, 0) is 6.54 Å². The van der Waals surface area contributed by atoms with Crippen LogP contribution in [0.25, 0.3) is 0 Å². The smallest absolute Gasteiger partial charge is 0.239 e. The molecule has 6 N–H and O–H groups in total. The number of aromatic amines is 1. The van der Waals surface area contributed by atoms with Crippen LogP contribution in [0.4, 0.5) is 23.4 Å². The van der Waals surface area contributed by atoms with Crippen LogP contribution in [-0.4, -0.2) is 30.3 Å². The third-order valence-corrected chi connectivity index (χ3v) is 2.94. The fourth-order valence-corrected chi connectivity index (χ4v) is 1.99. The van der Waals surface area contributed by atoms with E-state index in [1.165, 1.54) is 0 Å². The summed E-state index contributed by atoms with van der Waals surface area (Å²) in [5, 5.41) is 22.1. The number of aromatic hydroxyl groups is 1. The van der Waals surface area contributed by atoms with Crippen LogP contribution in [0.3, 0.4) is 0 Å². The highest BCUT2D eigenvalue weighted by molar-refractivity contribution is 5.57. The van der Waals surface area contributed by atoms with Gasteiger partial charge in [0.25, 0.3) is 0 Å². The Morgan fingerprint density at radius 1 is 1.22 bits per heavy atom. The number of phenols is 1. The van der Waals surface area contributed by atoms with E-state index in [0.29, 0.717) is 29.8 Å². The number of phenolic OH excluding ortho intramolecular Hbond substituents is 1. The van der Waals surface area contributed by atoms with E-state index in [-0.39, 0.29) is 11.7 Å². The molecular weight excluding hydrogens is 296 g/mol. The molecule has 1 aromatic carbocycles. The third-order valence-electron chi connectivity index (χ3n) is 2.94. The lowest BCUT2D eigenvalue weighted by Gasteiger charge is -2.09. The van der Waals surface area contributed by atoms with Gasteiger partial charge < -0.3 is 21.5 Å². The number of rotatable bonds is 5. The minimum atomic E-state index is 0.170. The van der Waals surface area contributed by atoms with E-state index in [0.717, 1.165) is 5.69 Å². The minimum absolute atomic E-state index is 0.170. The van der Waals surface area contributed by atoms with Gasteiger partial charge in [0.15, 0.2) is 0 Å². The summed E-state index contributed by atoms with van der Waals surface area (Å²) < 4.78 is 0. The molecule has 9 heteroatoms. The number of aryl methyl sites for hydroxylation is 1. The van der Waals surface area contributed by atoms with Crippen molar-refractivity contribution >= 4 is 23.4 Å². The Kier molecular flexibility index (Phi) is 3.91. The Balaban J connectivity index is 1.73. The molecule has 2 heterocycles. The van der Waals surface area contributed by atoms with Crippen molar-refractivity contribution in [2.24, 2.45) is 0 Å². The molecule has 0 amide bonds. The molecule has 0 aliphatic rings. The first-order chi connectivity index (χ1) is 11.1. The minimum Gasteiger partial charge on any atom is -0.508 e. The molecule has 3 rings (SSSR count). The van der Waals surface area contributed by atoms with Gasteiger partial charge in [-0.2, -0.15) is 9.97 Å². The quantitative estimate of drug-likeness (QED) is 0.478. The van der Waals surface area contributed by atoms with E-state index < -0.39 is 0 Å². The highest BCUT2D eigenvalue weighted by atomic mass is 16.3. The average molecular weight is 312 g/mol. The number of nitrogens with zero attached hydrogens (tertiary/aromatic N) is 4. The predicted octanol–water partition coefficient (Wildman–Crippen LogP) is 1.55. The number of hydrogen-bond donors (Lipinski definition) is 5. The largest absolute Gasteiger partial charge is 0.508 e. The Labute approximate surface area is 132 Å². The molecule has 0 fully saturated rings. The molecule has 0 spiro atoms. The second-order valence-corrected chi connectivity index (χ2v) is 4.89. The molecule has 0 bridgehead atoms. The zero-order valence-corrected chi connectivity index (χ0v) is 12.4. The molecule has 3 aromatic rings. The number of benzene rings is 1. The Morgan fingerprint density at radius 2 is 2.09 bits per heavy atom. The highest BCUT2D eigenvalue weighted by Crippen LogP contribution is 2.19. The van der Waals surface area contributed by atoms with Crippen molar-refractivity contribution in [1.82, 2.24) is 25.1 Å². The Morgan fingerprint density at radius 3 is 2.83 bits per heavy atom. The van der Waals surface area contributed by atoms with Crippen molar-refractivity contribution < 1.29 is 5.11 Å². The fraction of sp³-hybridized carbons (Fsp3) is 0.143. The van der Waals surface area contributed by atoms with E-state index in [2.05, 4.69) is 35.8 Å². The molecule has 0 saturated carbocycles. The van der Waals surface area contributed by atoms with Crippen molar-refractivity contribution in [3.8, 4) is 5.75 Å². The van der Waals surface area contributed by atoms with Gasteiger partial charge in [-0.25, -0.2) is 4.98 Å². The maximum Gasteiger partial charge on any atom is 0.239 e. The summed E-state index contributed by atoms with van der Waals surface area (Å²) >= 11 is 0. The van der Waals surface area contributed by atoms with Gasteiger partial charge in [0.1, 0.15) is 17.4 Å². The number of aromatic nitrogens is 5. The molecule has 0 aliphatic heterocycles. The zero-order valence-electron chi connectivity index (χ0n) is 12.4. The summed E-state index contributed by atoms with van der Waals surface area (Å²) in [5.74, 6) is 2.04. The number of hydrogen-bond acceptors (Lipinski definition) is 8. The van der Waals surface area contributed by atoms with Crippen molar-refractivity contribution in [1.29, 1.82) is 0 Å². The van der Waals surface area contributed by atoms with E-state index in [4.69, 9.17) is 5.73 Å². The van der Waals surface area contributed by atoms with Gasteiger partial charge in [0.05, 0.1) is 6.54 Å². The summed E-state index contributed by atoms with van der Waals surface area (Å²) in [4.78, 5) is 12.7. The lowest BCUT2D eigenvalue weighted by Crippen LogP contribution is -2.06. The van der Waals surface area contributed by atoms with Gasteiger partial charge in [-0.15, -0.1) is 5.10 Å². The van der Waals surface area contributed by atoms with Gasteiger partial charge in [0, 0.05) is 23.5 Å². The van der Waals surface area contributed by atoms with Crippen LogP contribution in [0.15, 0.2) is 30.3 Å². The molecule has 0 atom stereocenters. The van der Waals surface area contributed by atoms with Gasteiger partial charge >= 0.3 is 0 Å². The summed E-state index contributed by atoms with van der Waals surface area (Å²) in [5.41, 5.74) is 6.95. The predicted molar refractivity (Wildman–Crippen MR) is 86.3 cm³/mol. The van der Waals surface area contributed by atoms with Gasteiger partial charge in [0.2, 0.25) is 11.9 Å². The topological polar surface area (TPSA) is 138 Å². The lowest BCUT2D eigenvalue weighted by atomic mass is 10.3. The first kappa shape index (κ1) is 14.6. The van der Waals surface area contributed by atoms with Crippen molar-refractivity contribution in [2.45, 2.75) is 13.5 Å².